The number of carboxylic acid groups (broad SMARTS) is 1. The van der Waals surface area contributed by atoms with E-state index in [1.165, 1.54) is 0 Å². The third kappa shape index (κ3) is 5.24. The molecule has 5 N–H and O–H groups in total. The molecule has 3 fully saturated rings. The minimum atomic E-state index is -1.31. The maximum atomic E-state index is 12.7. The number of carbonyl (C=O) groups excluding carboxylic acids is 2. The second kappa shape index (κ2) is 10.4. The number of hydrogen-bond donors (Lipinski definition) is 5. The van der Waals surface area contributed by atoms with E-state index in [0.717, 1.165) is 31.3 Å². The number of allylic oxidation sites excluding steroid dienone is 1. The smallest absolute Gasteiger partial charge is 0.308 e. The lowest BCUT2D eigenvalue weighted by Crippen LogP contribution is -2.60. The van der Waals surface area contributed by atoms with Crippen molar-refractivity contribution in [1.29, 1.82) is 0 Å². The first-order valence-corrected chi connectivity index (χ1v) is 13.7. The second-order valence-corrected chi connectivity index (χ2v) is 12.5. The summed E-state index contributed by atoms with van der Waals surface area (Å²) in [6.45, 7) is 4.07. The van der Waals surface area contributed by atoms with Crippen molar-refractivity contribution in [2.45, 2.75) is 108 Å². The SMILES string of the molecule is C[C@]12CCC(=O)C=C1CCC1C2[C@@H](O)C[C@@]2(C)C1CC[C@]2(O)CC(=O)OCC[C@@H](O)C[C@@H](O)CC(=O)O. The Kier molecular flexibility index (Phi) is 7.92. The number of esters is 1. The molecule has 0 aromatic rings. The average Bonchev–Trinajstić information content (AvgIpc) is 3.03. The average molecular weight is 523 g/mol. The molecule has 208 valence electrons. The summed E-state index contributed by atoms with van der Waals surface area (Å²) in [5.41, 5.74) is -1.01. The molecule has 4 rings (SSSR count). The van der Waals surface area contributed by atoms with Crippen LogP contribution in [0.25, 0.3) is 0 Å². The van der Waals surface area contributed by atoms with Gasteiger partial charge in [0.05, 0.1) is 43.4 Å². The third-order valence-corrected chi connectivity index (χ3v) is 10.3. The van der Waals surface area contributed by atoms with Gasteiger partial charge in [-0.15, -0.1) is 0 Å². The Labute approximate surface area is 217 Å². The Bertz CT molecular complexity index is 946. The van der Waals surface area contributed by atoms with Gasteiger partial charge in [0.2, 0.25) is 0 Å². The highest BCUT2D eigenvalue weighted by atomic mass is 16.5. The fraction of sp³-hybridized carbons (Fsp3) is 0.821. The lowest BCUT2D eigenvalue weighted by molar-refractivity contribution is -0.182. The predicted molar refractivity (Wildman–Crippen MR) is 132 cm³/mol. The number of ketones is 1. The Morgan fingerprint density at radius 1 is 1.14 bits per heavy atom. The first kappa shape index (κ1) is 28.2. The predicted octanol–water partition coefficient (Wildman–Crippen LogP) is 2.13. The number of aliphatic hydroxyl groups excluding tert-OH is 3. The van der Waals surface area contributed by atoms with Crippen LogP contribution >= 0.6 is 0 Å². The molecule has 0 aromatic carbocycles. The lowest BCUT2D eigenvalue weighted by atomic mass is 9.45. The quantitative estimate of drug-likeness (QED) is 0.286. The van der Waals surface area contributed by atoms with Crippen LogP contribution in [0, 0.1) is 28.6 Å². The van der Waals surface area contributed by atoms with E-state index in [9.17, 15) is 34.8 Å². The van der Waals surface area contributed by atoms with Gasteiger partial charge < -0.3 is 30.3 Å². The molecule has 0 bridgehead atoms. The molecule has 0 aromatic heterocycles. The van der Waals surface area contributed by atoms with E-state index in [1.807, 2.05) is 6.92 Å². The fourth-order valence-electron chi connectivity index (χ4n) is 8.39. The van der Waals surface area contributed by atoms with Gasteiger partial charge >= 0.3 is 11.9 Å². The van der Waals surface area contributed by atoms with Crippen LogP contribution in [0.15, 0.2) is 11.6 Å². The fourth-order valence-corrected chi connectivity index (χ4v) is 8.39. The van der Waals surface area contributed by atoms with Crippen molar-refractivity contribution in [2.24, 2.45) is 28.6 Å². The van der Waals surface area contributed by atoms with E-state index in [2.05, 4.69) is 6.92 Å². The molecule has 0 heterocycles. The molecule has 9 heteroatoms. The van der Waals surface area contributed by atoms with Gasteiger partial charge in [0.1, 0.15) is 0 Å². The summed E-state index contributed by atoms with van der Waals surface area (Å²) in [5, 5.41) is 51.5. The van der Waals surface area contributed by atoms with Gasteiger partial charge in [0, 0.05) is 18.3 Å². The molecule has 9 nitrogen and oxygen atoms in total. The van der Waals surface area contributed by atoms with Crippen molar-refractivity contribution in [2.75, 3.05) is 6.61 Å². The van der Waals surface area contributed by atoms with Crippen LogP contribution in [0.5, 0.6) is 0 Å². The molecule has 0 spiro atoms. The Hall–Kier alpha value is -1.81. The number of fused-ring (bicyclic) bond motifs is 5. The number of ether oxygens (including phenoxy) is 1. The third-order valence-electron chi connectivity index (χ3n) is 10.3. The standard InChI is InChI=1S/C28H42O9/c1-26-8-5-17(29)11-16(26)3-4-20-21-6-9-28(36,27(21,2)14-22(32)25(20)26)15-24(35)37-10-7-18(30)12-19(31)13-23(33)34/h11,18-22,25,30-32,36H,3-10,12-15H2,1-2H3,(H,33,34)/t18-,19-,20?,21?,22+,25?,26+,27+,28+/m1/s1. The number of aliphatic carboxylic acids is 1. The molecular weight excluding hydrogens is 480 g/mol. The van der Waals surface area contributed by atoms with Crippen molar-refractivity contribution < 1.29 is 44.7 Å². The van der Waals surface area contributed by atoms with Crippen LogP contribution < -0.4 is 0 Å². The molecule has 3 unspecified atom stereocenters. The monoisotopic (exact) mass is 522 g/mol. The maximum Gasteiger partial charge on any atom is 0.308 e. The van der Waals surface area contributed by atoms with Crippen molar-refractivity contribution in [3.05, 3.63) is 11.6 Å². The van der Waals surface area contributed by atoms with E-state index < -0.39 is 47.7 Å². The normalized spacial score (nSPS) is 40.6. The van der Waals surface area contributed by atoms with Crippen molar-refractivity contribution >= 4 is 17.7 Å². The highest BCUT2D eigenvalue weighted by Crippen LogP contribution is 2.68. The first-order valence-electron chi connectivity index (χ1n) is 13.7. The molecule has 3 saturated carbocycles. The topological polar surface area (TPSA) is 162 Å². The molecule has 9 atom stereocenters. The van der Waals surface area contributed by atoms with Gasteiger partial charge in [-0.3, -0.25) is 14.4 Å². The van der Waals surface area contributed by atoms with Crippen molar-refractivity contribution in [1.82, 2.24) is 0 Å². The van der Waals surface area contributed by atoms with Gasteiger partial charge in [0.15, 0.2) is 5.78 Å². The minimum absolute atomic E-state index is 0.0333. The molecule has 0 radical (unpaired) electrons. The van der Waals surface area contributed by atoms with Gasteiger partial charge in [0.25, 0.3) is 0 Å². The van der Waals surface area contributed by atoms with E-state index in [1.54, 1.807) is 6.08 Å². The van der Waals surface area contributed by atoms with E-state index in [-0.39, 0.29) is 54.8 Å². The second-order valence-electron chi connectivity index (χ2n) is 12.5. The summed E-state index contributed by atoms with van der Waals surface area (Å²) in [5.74, 6) is -1.17. The number of carboxylic acids is 1. The van der Waals surface area contributed by atoms with Crippen LogP contribution in [0.3, 0.4) is 0 Å². The molecule has 0 amide bonds. The Balaban J connectivity index is 1.37. The zero-order valence-electron chi connectivity index (χ0n) is 21.9. The molecule has 37 heavy (non-hydrogen) atoms. The van der Waals surface area contributed by atoms with Gasteiger partial charge in [-0.25, -0.2) is 0 Å². The number of rotatable bonds is 9. The number of carbonyl (C=O) groups is 3. The van der Waals surface area contributed by atoms with Gasteiger partial charge in [-0.05, 0) is 74.2 Å². The summed E-state index contributed by atoms with van der Waals surface area (Å²) in [6, 6.07) is 0. The number of aliphatic hydroxyl groups is 4. The minimum Gasteiger partial charge on any atom is -0.481 e. The zero-order valence-corrected chi connectivity index (χ0v) is 21.9. The summed E-state index contributed by atoms with van der Waals surface area (Å²) in [7, 11) is 0. The lowest BCUT2D eigenvalue weighted by Gasteiger charge is -2.60. The van der Waals surface area contributed by atoms with E-state index >= 15 is 0 Å². The van der Waals surface area contributed by atoms with Crippen molar-refractivity contribution in [3.63, 3.8) is 0 Å². The highest BCUT2D eigenvalue weighted by molar-refractivity contribution is 5.91. The molecule has 0 aliphatic heterocycles. The van der Waals surface area contributed by atoms with Crippen molar-refractivity contribution in [3.8, 4) is 0 Å². The zero-order chi connectivity index (χ0) is 27.2. The summed E-state index contributed by atoms with van der Waals surface area (Å²) in [6.07, 6.45) is 2.78. The largest absolute Gasteiger partial charge is 0.481 e. The highest BCUT2D eigenvalue weighted by Gasteiger charge is 2.66. The summed E-state index contributed by atoms with van der Waals surface area (Å²) >= 11 is 0. The summed E-state index contributed by atoms with van der Waals surface area (Å²) < 4.78 is 5.30. The Morgan fingerprint density at radius 2 is 1.86 bits per heavy atom. The van der Waals surface area contributed by atoms with Crippen LogP contribution in [-0.4, -0.2) is 73.8 Å². The van der Waals surface area contributed by atoms with Crippen LogP contribution in [0.2, 0.25) is 0 Å². The van der Waals surface area contributed by atoms with Gasteiger partial charge in [-0.1, -0.05) is 19.4 Å². The first-order chi connectivity index (χ1) is 17.3. The van der Waals surface area contributed by atoms with Gasteiger partial charge in [-0.2, -0.15) is 0 Å². The van der Waals surface area contributed by atoms with Crippen LogP contribution in [0.1, 0.15) is 84.5 Å². The van der Waals surface area contributed by atoms with E-state index in [4.69, 9.17) is 9.84 Å². The molecule has 4 aliphatic rings. The molecule has 0 saturated heterocycles. The molecule has 4 aliphatic carbocycles. The van der Waals surface area contributed by atoms with Crippen LogP contribution in [-0.2, 0) is 19.1 Å². The molecular formula is C28H42O9. The maximum absolute atomic E-state index is 12.7. The Morgan fingerprint density at radius 3 is 2.57 bits per heavy atom. The van der Waals surface area contributed by atoms with E-state index in [0.29, 0.717) is 19.3 Å². The summed E-state index contributed by atoms with van der Waals surface area (Å²) in [4.78, 5) is 35.4. The van der Waals surface area contributed by atoms with Crippen LogP contribution in [0.4, 0.5) is 0 Å². The number of hydrogen-bond acceptors (Lipinski definition) is 8.